The monoisotopic (exact) mass is 592 g/mol. The maximum absolute atomic E-state index is 2.42. The summed E-state index contributed by atoms with van der Waals surface area (Å²) in [7, 11) is 8.39. The first-order valence-electron chi connectivity index (χ1n) is 11.1. The lowest BCUT2D eigenvalue weighted by molar-refractivity contribution is -0.665. The Morgan fingerprint density at radius 1 is 1.00 bits per heavy atom. The van der Waals surface area contributed by atoms with E-state index in [1.165, 1.54) is 47.8 Å². The average molecular weight is 593 g/mol. The van der Waals surface area contributed by atoms with E-state index in [0.29, 0.717) is 0 Å². The van der Waals surface area contributed by atoms with E-state index in [-0.39, 0.29) is 24.0 Å². The van der Waals surface area contributed by atoms with Gasteiger partial charge in [0.2, 0.25) is 5.52 Å². The molecule has 0 fully saturated rings. The molecule has 4 rings (SSSR count). The third-order valence-corrected chi connectivity index (χ3v) is 8.02. The van der Waals surface area contributed by atoms with Gasteiger partial charge in [0.15, 0.2) is 0 Å². The van der Waals surface area contributed by atoms with Crippen molar-refractivity contribution in [2.24, 2.45) is 0 Å². The smallest absolute Gasteiger partial charge is 0.262 e. The third kappa shape index (κ3) is 5.20. The number of nitrogens with zero attached hydrogens (tertiary/aromatic N) is 4. The molecule has 0 bridgehead atoms. The highest BCUT2D eigenvalue weighted by molar-refractivity contribution is 8.03. The molecule has 0 radical (unpaired) electrons. The van der Waals surface area contributed by atoms with Gasteiger partial charge < -0.3 is 38.7 Å². The molecule has 2 aromatic carbocycles. The zero-order chi connectivity index (χ0) is 23.0. The Morgan fingerprint density at radius 2 is 1.67 bits per heavy atom. The van der Waals surface area contributed by atoms with Crippen molar-refractivity contribution in [1.29, 1.82) is 0 Å². The summed E-state index contributed by atoms with van der Waals surface area (Å²) in [5.74, 6) is 0. The summed E-state index contributed by atoms with van der Waals surface area (Å²) in [4.78, 5) is 8.08. The van der Waals surface area contributed by atoms with Crippen molar-refractivity contribution < 1.29 is 28.5 Å². The second kappa shape index (κ2) is 10.7. The minimum atomic E-state index is 0. The number of aromatic nitrogens is 1. The SMILES string of the molecule is CCN1C(=CC(C)=Cc2sc3ccc(N(C)C)cc3[n+]2CC)Sc2ccc(N(C)C)cc21.[I-]. The summed E-state index contributed by atoms with van der Waals surface area (Å²) >= 11 is 3.73. The van der Waals surface area contributed by atoms with Gasteiger partial charge in [-0.05, 0) is 62.8 Å². The van der Waals surface area contributed by atoms with E-state index < -0.39 is 0 Å². The normalized spacial score (nSPS) is 14.6. The zero-order valence-electron chi connectivity index (χ0n) is 20.5. The van der Waals surface area contributed by atoms with Gasteiger partial charge >= 0.3 is 0 Å². The van der Waals surface area contributed by atoms with Crippen LogP contribution in [0.25, 0.3) is 16.3 Å². The maximum Gasteiger partial charge on any atom is 0.262 e. The van der Waals surface area contributed by atoms with Crippen molar-refractivity contribution in [3.05, 3.63) is 58.1 Å². The van der Waals surface area contributed by atoms with Crippen LogP contribution in [-0.2, 0) is 6.54 Å². The summed E-state index contributed by atoms with van der Waals surface area (Å²) in [6, 6.07) is 13.5. The van der Waals surface area contributed by atoms with Gasteiger partial charge in [-0.15, -0.1) is 0 Å². The van der Waals surface area contributed by atoms with Gasteiger partial charge in [0.05, 0.1) is 10.7 Å². The Morgan fingerprint density at radius 3 is 2.30 bits per heavy atom. The van der Waals surface area contributed by atoms with Crippen LogP contribution in [0.2, 0.25) is 0 Å². The standard InChI is InChI=1S/C26H33N4S2.HI/c1-8-29-21-16-19(27(4)5)10-12-23(21)31-25(29)14-18(3)15-26-30(9-2)22-17-20(28(6)7)11-13-24(22)32-26;/h10-17H,8-9H2,1-7H3;1H/q+1;/p-1. The molecule has 176 valence electrons. The second-order valence-electron chi connectivity index (χ2n) is 8.49. The van der Waals surface area contributed by atoms with Crippen molar-refractivity contribution in [2.45, 2.75) is 32.2 Å². The van der Waals surface area contributed by atoms with Gasteiger partial charge in [0, 0.05) is 63.1 Å². The molecule has 2 heterocycles. The second-order valence-corrected chi connectivity index (χ2v) is 10.6. The lowest BCUT2D eigenvalue weighted by Crippen LogP contribution is -3.00. The van der Waals surface area contributed by atoms with Crippen LogP contribution in [0.3, 0.4) is 0 Å². The van der Waals surface area contributed by atoms with Crippen molar-refractivity contribution in [3.8, 4) is 0 Å². The van der Waals surface area contributed by atoms with Crippen molar-refractivity contribution >= 4 is 56.5 Å². The number of allylic oxidation sites excluding steroid dienone is 2. The van der Waals surface area contributed by atoms with Crippen LogP contribution < -0.4 is 43.2 Å². The van der Waals surface area contributed by atoms with Crippen LogP contribution in [0.5, 0.6) is 0 Å². The summed E-state index contributed by atoms with van der Waals surface area (Å²) in [6.07, 6.45) is 4.66. The van der Waals surface area contributed by atoms with Crippen LogP contribution in [-0.4, -0.2) is 34.7 Å². The molecule has 0 amide bonds. The van der Waals surface area contributed by atoms with Crippen LogP contribution in [0, 0.1) is 0 Å². The largest absolute Gasteiger partial charge is 1.00 e. The van der Waals surface area contributed by atoms with Gasteiger partial charge in [-0.3, -0.25) is 0 Å². The van der Waals surface area contributed by atoms with Gasteiger partial charge in [-0.25, -0.2) is 0 Å². The van der Waals surface area contributed by atoms with E-state index in [1.807, 2.05) is 23.1 Å². The lowest BCUT2D eigenvalue weighted by Gasteiger charge is -2.20. The molecule has 1 aliphatic rings. The van der Waals surface area contributed by atoms with Gasteiger partial charge in [-0.2, -0.15) is 4.57 Å². The maximum atomic E-state index is 2.42. The van der Waals surface area contributed by atoms with E-state index in [1.54, 1.807) is 0 Å². The quantitative estimate of drug-likeness (QED) is 0.322. The molecule has 3 aromatic rings. The molecule has 4 nitrogen and oxygen atoms in total. The fourth-order valence-electron chi connectivity index (χ4n) is 4.03. The molecule has 1 aromatic heterocycles. The molecular formula is C26H33IN4S2. The molecule has 0 spiro atoms. The van der Waals surface area contributed by atoms with Gasteiger partial charge in [-0.1, -0.05) is 23.1 Å². The first-order valence-corrected chi connectivity index (χ1v) is 12.8. The highest BCUT2D eigenvalue weighted by atomic mass is 127. The Hall–Kier alpha value is -1.71. The summed E-state index contributed by atoms with van der Waals surface area (Å²) in [6.45, 7) is 8.59. The van der Waals surface area contributed by atoms with Crippen LogP contribution in [0.1, 0.15) is 25.8 Å². The van der Waals surface area contributed by atoms with E-state index in [0.717, 1.165) is 13.1 Å². The van der Waals surface area contributed by atoms with Crippen LogP contribution in [0.4, 0.5) is 17.1 Å². The lowest BCUT2D eigenvalue weighted by atomic mass is 10.2. The Labute approximate surface area is 223 Å². The Kier molecular flexibility index (Phi) is 8.40. The first kappa shape index (κ1) is 25.9. The fraction of sp³-hybridized carbons (Fsp3) is 0.346. The minimum Gasteiger partial charge on any atom is -1.00 e. The number of benzene rings is 2. The first-order chi connectivity index (χ1) is 15.3. The number of fused-ring (bicyclic) bond motifs is 2. The fourth-order valence-corrected chi connectivity index (χ4v) is 6.47. The molecule has 0 saturated carbocycles. The molecule has 7 heteroatoms. The average Bonchev–Trinajstić information content (AvgIpc) is 3.28. The molecule has 0 N–H and O–H groups in total. The molecular weight excluding hydrogens is 559 g/mol. The number of hydrogen-bond donors (Lipinski definition) is 0. The Bertz CT molecular complexity index is 1210. The van der Waals surface area contributed by atoms with E-state index in [2.05, 4.69) is 117 Å². The predicted octanol–water partition coefficient (Wildman–Crippen LogP) is 3.22. The summed E-state index contributed by atoms with van der Waals surface area (Å²) in [5.41, 5.74) is 6.37. The van der Waals surface area contributed by atoms with Crippen molar-refractivity contribution in [1.82, 2.24) is 0 Å². The predicted molar refractivity (Wildman–Crippen MR) is 143 cm³/mol. The molecule has 0 atom stereocenters. The summed E-state index contributed by atoms with van der Waals surface area (Å²) in [5, 5.41) is 2.59. The van der Waals surface area contributed by atoms with Gasteiger partial charge in [0.1, 0.15) is 11.2 Å². The van der Waals surface area contributed by atoms with Crippen LogP contribution >= 0.6 is 23.1 Å². The molecule has 0 saturated heterocycles. The number of anilines is 3. The van der Waals surface area contributed by atoms with Gasteiger partial charge in [0.25, 0.3) is 5.01 Å². The van der Waals surface area contributed by atoms with Crippen molar-refractivity contribution in [2.75, 3.05) is 49.4 Å². The number of thiazole rings is 1. The molecule has 0 aliphatic carbocycles. The minimum absolute atomic E-state index is 0. The molecule has 33 heavy (non-hydrogen) atoms. The number of aryl methyl sites for hydroxylation is 1. The zero-order valence-corrected chi connectivity index (χ0v) is 24.3. The molecule has 1 aliphatic heterocycles. The number of halogens is 1. The summed E-state index contributed by atoms with van der Waals surface area (Å²) < 4.78 is 3.75. The van der Waals surface area contributed by atoms with Crippen LogP contribution in [0.15, 0.2) is 58.0 Å². The number of thioether (sulfide) groups is 1. The molecule has 0 unspecified atom stereocenters. The number of hydrogen-bond acceptors (Lipinski definition) is 5. The van der Waals surface area contributed by atoms with E-state index in [4.69, 9.17) is 0 Å². The highest BCUT2D eigenvalue weighted by Crippen LogP contribution is 2.47. The number of rotatable bonds is 6. The van der Waals surface area contributed by atoms with Crippen molar-refractivity contribution in [3.63, 3.8) is 0 Å². The van der Waals surface area contributed by atoms with E-state index >= 15 is 0 Å². The highest BCUT2D eigenvalue weighted by Gasteiger charge is 2.25. The van der Waals surface area contributed by atoms with E-state index in [9.17, 15) is 0 Å². The third-order valence-electron chi connectivity index (χ3n) is 5.80. The topological polar surface area (TPSA) is 13.6 Å². The Balaban J connectivity index is 0.00000306.